The monoisotopic (exact) mass is 637 g/mol. The molecule has 7 rings (SSSR count). The van der Waals surface area contributed by atoms with E-state index in [1.165, 1.54) is 11.8 Å². The van der Waals surface area contributed by atoms with Crippen LogP contribution in [0.2, 0.25) is 5.02 Å². The molecule has 3 aliphatic heterocycles. The lowest BCUT2D eigenvalue weighted by molar-refractivity contribution is -0.122. The summed E-state index contributed by atoms with van der Waals surface area (Å²) in [5.74, 6) is 1.62. The largest absolute Gasteiger partial charge is 0.497 e. The third-order valence-electron chi connectivity index (χ3n) is 8.05. The molecule has 220 valence electrons. The Morgan fingerprint density at radius 1 is 1.02 bits per heavy atom. The number of amides is 1. The fourth-order valence-electron chi connectivity index (χ4n) is 5.71. The first kappa shape index (κ1) is 28.6. The van der Waals surface area contributed by atoms with Crippen LogP contribution in [0, 0.1) is 0 Å². The number of hydrazone groups is 1. The summed E-state index contributed by atoms with van der Waals surface area (Å²) in [5, 5.41) is 7.81. The SMILES string of the molecule is COc1ccc(CCN2C(=O)/C(=C/c3ccc(C4Oc5ccccc5C5CC(c6ccc(Cl)cc6)=NN54)cc3)SC2=S)cc1. The first-order valence-electron chi connectivity index (χ1n) is 14.3. The van der Waals surface area contributed by atoms with E-state index < -0.39 is 0 Å². The van der Waals surface area contributed by atoms with E-state index in [0.717, 1.165) is 51.4 Å². The van der Waals surface area contributed by atoms with Crippen LogP contribution < -0.4 is 9.47 Å². The van der Waals surface area contributed by atoms with Crippen molar-refractivity contribution in [1.82, 2.24) is 9.91 Å². The molecule has 4 aromatic carbocycles. The summed E-state index contributed by atoms with van der Waals surface area (Å²) < 4.78 is 12.3. The maximum absolute atomic E-state index is 13.2. The molecule has 9 heteroatoms. The van der Waals surface area contributed by atoms with Gasteiger partial charge in [0.05, 0.1) is 23.8 Å². The van der Waals surface area contributed by atoms with Crippen LogP contribution in [0.15, 0.2) is 107 Å². The predicted octanol–water partition coefficient (Wildman–Crippen LogP) is 8.03. The number of carbonyl (C=O) groups excluding carboxylic acids is 1. The van der Waals surface area contributed by atoms with Gasteiger partial charge in [-0.05, 0) is 59.5 Å². The molecule has 0 spiro atoms. The normalized spacial score (nSPS) is 20.0. The molecule has 0 radical (unpaired) electrons. The van der Waals surface area contributed by atoms with Gasteiger partial charge >= 0.3 is 0 Å². The molecule has 0 saturated carbocycles. The number of para-hydroxylation sites is 1. The van der Waals surface area contributed by atoms with Gasteiger partial charge in [-0.1, -0.05) is 102 Å². The fraction of sp³-hybridized carbons (Fsp3) is 0.171. The summed E-state index contributed by atoms with van der Waals surface area (Å²) in [6.45, 7) is 0.531. The molecule has 0 N–H and O–H groups in total. The van der Waals surface area contributed by atoms with Crippen molar-refractivity contribution < 1.29 is 14.3 Å². The standard InChI is InChI=1S/C35H28ClN3O3S2/c1-41-27-16-8-22(9-17-27)18-19-38-33(40)32(44-35(38)43)20-23-6-10-25(11-7-23)34-39-30(28-4-2-3-5-31(28)42-34)21-29(37-39)24-12-14-26(36)15-13-24/h2-17,20,30,34H,18-19,21H2,1H3/b32-20-. The molecule has 3 aliphatic rings. The van der Waals surface area contributed by atoms with Crippen molar-refractivity contribution in [2.24, 2.45) is 5.10 Å². The van der Waals surface area contributed by atoms with Crippen molar-refractivity contribution in [2.75, 3.05) is 13.7 Å². The second-order valence-corrected chi connectivity index (χ2v) is 12.9. The maximum Gasteiger partial charge on any atom is 0.266 e. The zero-order valence-corrected chi connectivity index (χ0v) is 26.2. The quantitative estimate of drug-likeness (QED) is 0.151. The topological polar surface area (TPSA) is 54.4 Å². The van der Waals surface area contributed by atoms with Gasteiger partial charge in [-0.15, -0.1) is 0 Å². The molecule has 3 heterocycles. The highest BCUT2D eigenvalue weighted by Crippen LogP contribution is 2.47. The molecule has 2 atom stereocenters. The Hall–Kier alpha value is -4.11. The summed E-state index contributed by atoms with van der Waals surface area (Å²) in [4.78, 5) is 15.5. The van der Waals surface area contributed by atoms with Gasteiger partial charge < -0.3 is 9.47 Å². The van der Waals surface area contributed by atoms with E-state index in [9.17, 15) is 4.79 Å². The van der Waals surface area contributed by atoms with Crippen LogP contribution in [0.4, 0.5) is 0 Å². The second kappa shape index (κ2) is 12.1. The Balaban J connectivity index is 1.09. The van der Waals surface area contributed by atoms with E-state index in [-0.39, 0.29) is 18.2 Å². The third kappa shape index (κ3) is 5.61. The van der Waals surface area contributed by atoms with Crippen LogP contribution in [-0.4, -0.2) is 39.5 Å². The van der Waals surface area contributed by atoms with Crippen molar-refractivity contribution in [3.05, 3.63) is 135 Å². The molecule has 0 aromatic heterocycles. The van der Waals surface area contributed by atoms with E-state index in [1.807, 2.05) is 97.1 Å². The first-order valence-corrected chi connectivity index (χ1v) is 15.9. The smallest absolute Gasteiger partial charge is 0.266 e. The Labute approximate surface area is 270 Å². The highest BCUT2D eigenvalue weighted by Gasteiger charge is 2.41. The number of rotatable bonds is 7. The van der Waals surface area contributed by atoms with Crippen molar-refractivity contribution in [1.29, 1.82) is 0 Å². The molecule has 1 saturated heterocycles. The number of nitrogens with zero attached hydrogens (tertiary/aromatic N) is 3. The van der Waals surface area contributed by atoms with E-state index in [4.69, 9.17) is 38.4 Å². The van der Waals surface area contributed by atoms with Gasteiger partial charge in [-0.25, -0.2) is 5.01 Å². The molecule has 2 unspecified atom stereocenters. The summed E-state index contributed by atoms with van der Waals surface area (Å²) in [6, 6.07) is 32.0. The zero-order valence-electron chi connectivity index (χ0n) is 23.9. The summed E-state index contributed by atoms with van der Waals surface area (Å²) in [7, 11) is 1.65. The Morgan fingerprint density at radius 2 is 1.77 bits per heavy atom. The van der Waals surface area contributed by atoms with Crippen LogP contribution in [0.5, 0.6) is 11.5 Å². The summed E-state index contributed by atoms with van der Waals surface area (Å²) >= 11 is 13.0. The number of thiocarbonyl (C=S) groups is 1. The Morgan fingerprint density at radius 3 is 2.52 bits per heavy atom. The number of fused-ring (bicyclic) bond motifs is 3. The van der Waals surface area contributed by atoms with Crippen LogP contribution in [0.25, 0.3) is 6.08 Å². The lowest BCUT2D eigenvalue weighted by Gasteiger charge is -2.38. The van der Waals surface area contributed by atoms with E-state index >= 15 is 0 Å². The van der Waals surface area contributed by atoms with Crippen LogP contribution in [0.3, 0.4) is 0 Å². The number of hydrogen-bond acceptors (Lipinski definition) is 7. The van der Waals surface area contributed by atoms with Gasteiger partial charge in [0.2, 0.25) is 6.23 Å². The minimum absolute atomic E-state index is 0.0613. The number of hydrogen-bond donors (Lipinski definition) is 0. The highest BCUT2D eigenvalue weighted by atomic mass is 35.5. The van der Waals surface area contributed by atoms with Gasteiger partial charge in [0, 0.05) is 29.1 Å². The molecule has 4 aromatic rings. The maximum atomic E-state index is 13.2. The van der Waals surface area contributed by atoms with Gasteiger partial charge in [-0.2, -0.15) is 5.10 Å². The number of methoxy groups -OCH3 is 1. The lowest BCUT2D eigenvalue weighted by Crippen LogP contribution is -2.33. The Bertz CT molecular complexity index is 1790. The minimum atomic E-state index is -0.384. The van der Waals surface area contributed by atoms with Crippen molar-refractivity contribution >= 4 is 57.6 Å². The Kier molecular flexibility index (Phi) is 7.89. The van der Waals surface area contributed by atoms with E-state index in [0.29, 0.717) is 27.2 Å². The van der Waals surface area contributed by atoms with Crippen LogP contribution >= 0.6 is 35.6 Å². The molecule has 1 fully saturated rings. The average Bonchev–Trinajstić information content (AvgIpc) is 3.61. The van der Waals surface area contributed by atoms with Gasteiger partial charge in [-0.3, -0.25) is 9.69 Å². The number of thioether (sulfide) groups is 1. The average molecular weight is 638 g/mol. The molecular formula is C35H28ClN3O3S2. The fourth-order valence-corrected chi connectivity index (χ4v) is 7.14. The van der Waals surface area contributed by atoms with Gasteiger partial charge in [0.25, 0.3) is 5.91 Å². The number of benzene rings is 4. The van der Waals surface area contributed by atoms with Crippen molar-refractivity contribution in [3.63, 3.8) is 0 Å². The molecule has 6 nitrogen and oxygen atoms in total. The number of ether oxygens (including phenoxy) is 2. The van der Waals surface area contributed by atoms with Crippen molar-refractivity contribution in [2.45, 2.75) is 25.1 Å². The number of halogens is 1. The molecule has 44 heavy (non-hydrogen) atoms. The van der Waals surface area contributed by atoms with Gasteiger partial charge in [0.1, 0.15) is 15.8 Å². The third-order valence-corrected chi connectivity index (χ3v) is 9.68. The summed E-state index contributed by atoms with van der Waals surface area (Å²) in [5.41, 5.74) is 6.21. The number of carbonyl (C=O) groups is 1. The van der Waals surface area contributed by atoms with Crippen molar-refractivity contribution in [3.8, 4) is 11.5 Å². The van der Waals surface area contributed by atoms with Crippen LogP contribution in [0.1, 0.15) is 46.5 Å². The minimum Gasteiger partial charge on any atom is -0.497 e. The molecular weight excluding hydrogens is 610 g/mol. The van der Waals surface area contributed by atoms with E-state index in [2.05, 4.69) is 11.1 Å². The predicted molar refractivity (Wildman–Crippen MR) is 180 cm³/mol. The first-order chi connectivity index (χ1) is 21.5. The van der Waals surface area contributed by atoms with E-state index in [1.54, 1.807) is 12.0 Å². The molecule has 0 aliphatic carbocycles. The zero-order chi connectivity index (χ0) is 30.2. The molecule has 0 bridgehead atoms. The van der Waals surface area contributed by atoms with Crippen LogP contribution in [-0.2, 0) is 11.2 Å². The summed E-state index contributed by atoms with van der Waals surface area (Å²) in [6.07, 6.45) is 3.01. The highest BCUT2D eigenvalue weighted by molar-refractivity contribution is 8.26. The molecule has 1 amide bonds. The lowest BCUT2D eigenvalue weighted by atomic mass is 9.96. The van der Waals surface area contributed by atoms with Gasteiger partial charge in [0.15, 0.2) is 0 Å². The second-order valence-electron chi connectivity index (χ2n) is 10.8.